The summed E-state index contributed by atoms with van der Waals surface area (Å²) in [6, 6.07) is 17.6. The summed E-state index contributed by atoms with van der Waals surface area (Å²) in [6.07, 6.45) is 3.91. The second-order valence-electron chi connectivity index (χ2n) is 8.34. The minimum absolute atomic E-state index is 0.148. The lowest BCUT2D eigenvalue weighted by Gasteiger charge is -2.22. The molecule has 2 aromatic carbocycles. The Kier molecular flexibility index (Phi) is 5.09. The molecule has 2 fully saturated rings. The second-order valence-corrected chi connectivity index (χ2v) is 8.34. The molecular formula is C25H22FN3O3. The van der Waals surface area contributed by atoms with E-state index in [1.54, 1.807) is 34.3 Å². The van der Waals surface area contributed by atoms with Crippen molar-refractivity contribution in [3.63, 3.8) is 0 Å². The molecule has 0 unspecified atom stereocenters. The van der Waals surface area contributed by atoms with Crippen molar-refractivity contribution in [3.8, 4) is 0 Å². The molecule has 7 heteroatoms. The number of hydrogen-bond acceptors (Lipinski definition) is 4. The van der Waals surface area contributed by atoms with Gasteiger partial charge in [-0.15, -0.1) is 0 Å². The van der Waals surface area contributed by atoms with Gasteiger partial charge >= 0.3 is 6.09 Å². The van der Waals surface area contributed by atoms with Gasteiger partial charge in [-0.1, -0.05) is 30.3 Å². The third-order valence-corrected chi connectivity index (χ3v) is 5.98. The van der Waals surface area contributed by atoms with Crippen LogP contribution in [0.25, 0.3) is 0 Å². The predicted octanol–water partition coefficient (Wildman–Crippen LogP) is 4.05. The number of benzene rings is 2. The Hall–Kier alpha value is -3.74. The van der Waals surface area contributed by atoms with Crippen LogP contribution in [-0.2, 0) is 11.2 Å². The Balaban J connectivity index is 1.29. The molecule has 1 atom stereocenters. The van der Waals surface area contributed by atoms with Crippen LogP contribution in [0.3, 0.4) is 0 Å². The van der Waals surface area contributed by atoms with Crippen LogP contribution in [0.15, 0.2) is 73.1 Å². The van der Waals surface area contributed by atoms with Gasteiger partial charge in [0.05, 0.1) is 18.7 Å². The summed E-state index contributed by atoms with van der Waals surface area (Å²) in [6.45, 7) is 1.26. The highest BCUT2D eigenvalue weighted by Gasteiger charge is 2.51. The topological polar surface area (TPSA) is 62.7 Å². The zero-order valence-corrected chi connectivity index (χ0v) is 17.4. The molecule has 2 amide bonds. The number of hydrogen-bond donors (Lipinski definition) is 0. The smallest absolute Gasteiger partial charge is 0.415 e. The van der Waals surface area contributed by atoms with Crippen molar-refractivity contribution in [3.05, 3.63) is 95.6 Å². The van der Waals surface area contributed by atoms with Gasteiger partial charge in [0, 0.05) is 31.0 Å². The number of carbonyl (C=O) groups excluding carboxylic acids is 2. The number of ether oxygens (including phenoxy) is 1. The van der Waals surface area contributed by atoms with Crippen molar-refractivity contribution in [2.24, 2.45) is 0 Å². The number of nitrogens with zero attached hydrogens (tertiary/aromatic N) is 3. The van der Waals surface area contributed by atoms with Gasteiger partial charge in [0.1, 0.15) is 5.82 Å². The first-order valence-corrected chi connectivity index (χ1v) is 10.5. The van der Waals surface area contributed by atoms with Crippen LogP contribution in [0.5, 0.6) is 0 Å². The second kappa shape index (κ2) is 8.07. The summed E-state index contributed by atoms with van der Waals surface area (Å²) in [4.78, 5) is 33.2. The van der Waals surface area contributed by atoms with E-state index in [0.717, 1.165) is 16.8 Å². The van der Waals surface area contributed by atoms with E-state index in [9.17, 15) is 14.0 Å². The minimum atomic E-state index is -0.699. The molecule has 6 nitrogen and oxygen atoms in total. The van der Waals surface area contributed by atoms with E-state index in [2.05, 4.69) is 4.98 Å². The van der Waals surface area contributed by atoms with E-state index in [1.165, 1.54) is 12.1 Å². The number of para-hydroxylation sites is 1. The quantitative estimate of drug-likeness (QED) is 0.625. The van der Waals surface area contributed by atoms with Crippen LogP contribution >= 0.6 is 0 Å². The van der Waals surface area contributed by atoms with Crippen molar-refractivity contribution in [2.75, 3.05) is 24.5 Å². The molecule has 3 heterocycles. The van der Waals surface area contributed by atoms with E-state index >= 15 is 0 Å². The lowest BCUT2D eigenvalue weighted by molar-refractivity contribution is 0.0553. The number of anilines is 1. The van der Waals surface area contributed by atoms with Crippen molar-refractivity contribution in [1.29, 1.82) is 0 Å². The Bertz CT molecular complexity index is 1170. The van der Waals surface area contributed by atoms with Crippen molar-refractivity contribution in [1.82, 2.24) is 9.88 Å². The Morgan fingerprint density at radius 2 is 1.88 bits per heavy atom. The van der Waals surface area contributed by atoms with Gasteiger partial charge in [0.25, 0.3) is 5.91 Å². The molecule has 1 aromatic heterocycles. The van der Waals surface area contributed by atoms with Gasteiger partial charge in [-0.2, -0.15) is 0 Å². The molecule has 2 aliphatic rings. The predicted molar refractivity (Wildman–Crippen MR) is 117 cm³/mol. The molecule has 2 saturated heterocycles. The first kappa shape index (κ1) is 20.2. The summed E-state index contributed by atoms with van der Waals surface area (Å²) in [7, 11) is 0. The maximum Gasteiger partial charge on any atom is 0.415 e. The molecule has 0 radical (unpaired) electrons. The summed E-state index contributed by atoms with van der Waals surface area (Å²) in [5.41, 5.74) is 2.21. The van der Waals surface area contributed by atoms with Gasteiger partial charge in [-0.25, -0.2) is 9.18 Å². The van der Waals surface area contributed by atoms with Gasteiger partial charge in [-0.3, -0.25) is 14.7 Å². The average molecular weight is 431 g/mol. The summed E-state index contributed by atoms with van der Waals surface area (Å²) in [5, 5.41) is 0. The number of halogens is 1. The maximum absolute atomic E-state index is 13.5. The van der Waals surface area contributed by atoms with Gasteiger partial charge < -0.3 is 9.64 Å². The molecule has 3 aromatic rings. The van der Waals surface area contributed by atoms with E-state index in [-0.39, 0.29) is 17.8 Å². The Morgan fingerprint density at radius 1 is 1.03 bits per heavy atom. The zero-order chi connectivity index (χ0) is 22.1. The van der Waals surface area contributed by atoms with Crippen LogP contribution in [0.1, 0.15) is 27.9 Å². The first-order valence-electron chi connectivity index (χ1n) is 10.5. The average Bonchev–Trinajstić information content (AvgIpc) is 3.36. The highest BCUT2D eigenvalue weighted by molar-refractivity contribution is 5.95. The normalized spacial score (nSPS) is 20.1. The summed E-state index contributed by atoms with van der Waals surface area (Å²) >= 11 is 0. The highest BCUT2D eigenvalue weighted by atomic mass is 19.1. The van der Waals surface area contributed by atoms with Crippen LogP contribution in [0, 0.1) is 5.82 Å². The monoisotopic (exact) mass is 431 g/mol. The molecule has 32 heavy (non-hydrogen) atoms. The lowest BCUT2D eigenvalue weighted by Crippen LogP contribution is -2.39. The van der Waals surface area contributed by atoms with Crippen LogP contribution in [0.4, 0.5) is 14.9 Å². The standard InChI is InChI=1S/C25H22FN3O3/c26-21-6-4-5-18(13-21)11-19-12-20(15-27-14-19)23(30)28-10-9-25(16-28)17-29(24(31)32-25)22-7-2-1-3-8-22/h1-8,12-15H,9-11,16-17H2/t25-/m0/s1. The van der Waals surface area contributed by atoms with Gasteiger partial charge in [0.2, 0.25) is 0 Å². The molecular weight excluding hydrogens is 409 g/mol. The number of pyridine rings is 1. The number of amides is 2. The van der Waals surface area contributed by atoms with Crippen molar-refractivity contribution < 1.29 is 18.7 Å². The fourth-order valence-electron chi connectivity index (χ4n) is 4.43. The number of rotatable bonds is 4. The summed E-state index contributed by atoms with van der Waals surface area (Å²) in [5.74, 6) is -0.439. The summed E-state index contributed by atoms with van der Waals surface area (Å²) < 4.78 is 19.2. The molecule has 2 aliphatic heterocycles. The molecule has 5 rings (SSSR count). The van der Waals surface area contributed by atoms with E-state index in [4.69, 9.17) is 4.74 Å². The SMILES string of the molecule is O=C(c1cncc(Cc2cccc(F)c2)c1)N1CC[C@]2(C1)CN(c1ccccc1)C(=O)O2. The molecule has 1 spiro atoms. The number of likely N-dealkylation sites (tertiary alicyclic amines) is 1. The van der Waals surface area contributed by atoms with Crippen LogP contribution in [-0.4, -0.2) is 47.1 Å². The highest BCUT2D eigenvalue weighted by Crippen LogP contribution is 2.35. The first-order chi connectivity index (χ1) is 15.5. The Labute approximate surface area is 185 Å². The maximum atomic E-state index is 13.5. The van der Waals surface area contributed by atoms with Crippen molar-refractivity contribution >= 4 is 17.7 Å². The van der Waals surface area contributed by atoms with Crippen molar-refractivity contribution in [2.45, 2.75) is 18.4 Å². The number of carbonyl (C=O) groups is 2. The molecule has 0 N–H and O–H groups in total. The fraction of sp³-hybridized carbons (Fsp3) is 0.240. The van der Waals surface area contributed by atoms with Gasteiger partial charge in [-0.05, 0) is 47.9 Å². The zero-order valence-electron chi connectivity index (χ0n) is 17.4. The molecule has 0 aliphatic carbocycles. The Morgan fingerprint density at radius 3 is 2.69 bits per heavy atom. The fourth-order valence-corrected chi connectivity index (χ4v) is 4.43. The molecule has 162 valence electrons. The number of aromatic nitrogens is 1. The largest absolute Gasteiger partial charge is 0.439 e. The molecule has 0 saturated carbocycles. The minimum Gasteiger partial charge on any atom is -0.439 e. The van der Waals surface area contributed by atoms with Crippen LogP contribution < -0.4 is 4.90 Å². The molecule has 0 bridgehead atoms. The van der Waals surface area contributed by atoms with Gasteiger partial charge in [0.15, 0.2) is 5.60 Å². The van der Waals surface area contributed by atoms with E-state index in [1.807, 2.05) is 36.4 Å². The van der Waals surface area contributed by atoms with Crippen LogP contribution in [0.2, 0.25) is 0 Å². The third kappa shape index (κ3) is 3.93. The van der Waals surface area contributed by atoms with E-state index in [0.29, 0.717) is 38.0 Å². The lowest BCUT2D eigenvalue weighted by atomic mass is 10.0. The third-order valence-electron chi connectivity index (χ3n) is 5.98. The van der Waals surface area contributed by atoms with E-state index < -0.39 is 5.60 Å².